The molecule has 3 atom stereocenters. The number of aliphatic hydroxyl groups is 1. The van der Waals surface area contributed by atoms with Gasteiger partial charge in [-0.1, -0.05) is 30.3 Å². The number of aromatic nitrogens is 3. The molecule has 9 nitrogen and oxygen atoms in total. The summed E-state index contributed by atoms with van der Waals surface area (Å²) in [6, 6.07) is 22.5. The number of hydrogen-bond acceptors (Lipinski definition) is 9. The third-order valence-corrected chi connectivity index (χ3v) is 15.3. The second kappa shape index (κ2) is 16.2. The fraction of sp³-hybridized carbons (Fsp3) is 0.380. The number of fused-ring (bicyclic) bond motifs is 4. The first kappa shape index (κ1) is 41.5. The number of β-amino-alcohol motifs (C(OH)–C–C–N with tert-alkyl or cyclic N) is 1. The number of aromatic hydroxyl groups is 1. The molecule has 1 aliphatic carbocycles. The van der Waals surface area contributed by atoms with E-state index < -0.39 is 23.2 Å². The van der Waals surface area contributed by atoms with Crippen LogP contribution in [0.15, 0.2) is 83.9 Å². The Morgan fingerprint density at radius 1 is 0.794 bits per heavy atom. The number of benzene rings is 4. The van der Waals surface area contributed by atoms with Gasteiger partial charge in [0.1, 0.15) is 40.1 Å². The van der Waals surface area contributed by atoms with Crippen molar-refractivity contribution in [1.82, 2.24) is 19.7 Å². The Hall–Kier alpha value is -5.50. The van der Waals surface area contributed by atoms with Gasteiger partial charge in [0.05, 0.1) is 17.0 Å². The highest BCUT2D eigenvalue weighted by molar-refractivity contribution is 7.15. The van der Waals surface area contributed by atoms with Crippen molar-refractivity contribution < 1.29 is 23.4 Å². The highest BCUT2D eigenvalue weighted by Crippen LogP contribution is 2.48. The molecule has 0 spiro atoms. The molecule has 5 heterocycles. The number of phenols is 1. The summed E-state index contributed by atoms with van der Waals surface area (Å²) in [4.78, 5) is 12.9. The average molecular weight is 872 g/mol. The number of aliphatic imine (C=N–C) groups is 1. The lowest BCUT2D eigenvalue weighted by atomic mass is 9.69. The predicted molar refractivity (Wildman–Crippen MR) is 243 cm³/mol. The molecule has 0 radical (unpaired) electrons. The third kappa shape index (κ3) is 7.61. The molecular formula is C50H52F3N7O2S. The molecule has 0 saturated carbocycles. The molecule has 2 N–H and O–H groups in total. The Labute approximate surface area is 370 Å². The predicted octanol–water partition coefficient (Wildman–Crippen LogP) is 9.30. The molecule has 4 aromatic carbocycles. The van der Waals surface area contributed by atoms with Crippen LogP contribution in [0.2, 0.25) is 0 Å². The van der Waals surface area contributed by atoms with Crippen molar-refractivity contribution in [2.45, 2.75) is 76.9 Å². The third-order valence-electron chi connectivity index (χ3n) is 14.1. The molecule has 3 aliphatic heterocycles. The van der Waals surface area contributed by atoms with Gasteiger partial charge < -0.3 is 20.0 Å². The number of piperazine rings is 1. The molecule has 0 bridgehead atoms. The molecule has 2 saturated heterocycles. The van der Waals surface area contributed by atoms with Crippen LogP contribution in [-0.4, -0.2) is 87.0 Å². The van der Waals surface area contributed by atoms with Crippen molar-refractivity contribution in [3.8, 4) is 10.8 Å². The van der Waals surface area contributed by atoms with E-state index in [0.29, 0.717) is 58.4 Å². The van der Waals surface area contributed by atoms with E-state index in [0.717, 1.165) is 69.0 Å². The second-order valence-corrected chi connectivity index (χ2v) is 19.2. The number of aryl methyl sites for hydroxylation is 3. The monoisotopic (exact) mass is 871 g/mol. The number of halogens is 3. The van der Waals surface area contributed by atoms with Crippen molar-refractivity contribution in [3.63, 3.8) is 0 Å². The van der Waals surface area contributed by atoms with Crippen LogP contribution in [0.5, 0.6) is 5.75 Å². The average Bonchev–Trinajstić information content (AvgIpc) is 3.77. The fourth-order valence-corrected chi connectivity index (χ4v) is 11.7. The summed E-state index contributed by atoms with van der Waals surface area (Å²) in [5, 5.41) is 32.0. The van der Waals surface area contributed by atoms with Crippen molar-refractivity contribution in [1.29, 1.82) is 0 Å². The number of hydrogen-bond donors (Lipinski definition) is 2. The minimum atomic E-state index is -0.848. The van der Waals surface area contributed by atoms with Crippen LogP contribution in [0.25, 0.3) is 5.00 Å². The number of thiophene rings is 1. The van der Waals surface area contributed by atoms with Gasteiger partial charge in [-0.2, -0.15) is 0 Å². The van der Waals surface area contributed by atoms with Crippen LogP contribution < -0.4 is 9.80 Å². The lowest BCUT2D eigenvalue weighted by Gasteiger charge is -2.44. The Balaban J connectivity index is 0.784. The van der Waals surface area contributed by atoms with E-state index in [1.807, 2.05) is 11.8 Å². The van der Waals surface area contributed by atoms with Gasteiger partial charge in [-0.3, -0.25) is 14.5 Å². The van der Waals surface area contributed by atoms with Crippen LogP contribution in [-0.2, 0) is 6.42 Å². The summed E-state index contributed by atoms with van der Waals surface area (Å²) in [7, 11) is 0. The fourth-order valence-electron chi connectivity index (χ4n) is 10.5. The van der Waals surface area contributed by atoms with Gasteiger partial charge in [0.2, 0.25) is 0 Å². The van der Waals surface area contributed by atoms with Crippen LogP contribution in [0.4, 0.5) is 24.5 Å². The molecule has 2 aromatic heterocycles. The molecule has 0 amide bonds. The van der Waals surface area contributed by atoms with Crippen molar-refractivity contribution in [3.05, 3.63) is 152 Å². The van der Waals surface area contributed by atoms with E-state index >= 15 is 8.78 Å². The van der Waals surface area contributed by atoms with Gasteiger partial charge in [0.25, 0.3) is 0 Å². The zero-order valence-corrected chi connectivity index (χ0v) is 36.9. The Morgan fingerprint density at radius 3 is 2.25 bits per heavy atom. The molecule has 326 valence electrons. The van der Waals surface area contributed by atoms with Gasteiger partial charge in [0, 0.05) is 79.5 Å². The van der Waals surface area contributed by atoms with Gasteiger partial charge in [0.15, 0.2) is 5.82 Å². The van der Waals surface area contributed by atoms with Crippen molar-refractivity contribution in [2.24, 2.45) is 4.99 Å². The van der Waals surface area contributed by atoms with Gasteiger partial charge in [-0.25, -0.2) is 13.2 Å². The summed E-state index contributed by atoms with van der Waals surface area (Å²) in [5.74, 6) is -0.176. The molecular weight excluding hydrogens is 820 g/mol. The first-order chi connectivity index (χ1) is 30.3. The number of anilines is 2. The molecule has 0 unspecified atom stereocenters. The Morgan fingerprint density at radius 2 is 1.52 bits per heavy atom. The second-order valence-electron chi connectivity index (χ2n) is 18.0. The highest BCUT2D eigenvalue weighted by atomic mass is 32.1. The smallest absolute Gasteiger partial charge is 0.162 e. The molecule has 63 heavy (non-hydrogen) atoms. The number of rotatable bonds is 7. The minimum absolute atomic E-state index is 0.135. The summed E-state index contributed by atoms with van der Waals surface area (Å²) >= 11 is 1.76. The topological polar surface area (TPSA) is 93.2 Å². The highest BCUT2D eigenvalue weighted by Gasteiger charge is 2.38. The molecule has 2 fully saturated rings. The Kier molecular flexibility index (Phi) is 10.7. The SMILES string of the molecule is Cc1sc2c(c1C)C(c1ccc(N3CCC(O)(CN4CCN(c5cc(F)c([C@H]6c7ccc(O)cc7CC[C@H]6c6ccc(F)cc6)cc5F)CC4)CC3)cc1)=N[C@@H](C)c1nnc(C)n1-2. The lowest BCUT2D eigenvalue weighted by Crippen LogP contribution is -2.55. The van der Waals surface area contributed by atoms with Crippen LogP contribution >= 0.6 is 11.3 Å². The van der Waals surface area contributed by atoms with Crippen LogP contribution in [0, 0.1) is 38.2 Å². The summed E-state index contributed by atoms with van der Waals surface area (Å²) in [5.41, 5.74) is 7.76. The van der Waals surface area contributed by atoms with Crippen molar-refractivity contribution >= 4 is 28.4 Å². The van der Waals surface area contributed by atoms with E-state index in [1.54, 1.807) is 41.7 Å². The zero-order valence-electron chi connectivity index (χ0n) is 36.1. The van der Waals surface area contributed by atoms with Crippen molar-refractivity contribution in [2.75, 3.05) is 55.6 Å². The van der Waals surface area contributed by atoms with E-state index in [2.05, 4.69) is 69.6 Å². The molecule has 6 aromatic rings. The first-order valence-electron chi connectivity index (χ1n) is 22.1. The standard InChI is InChI=1S/C50H52F3N7O2S/c1-29-31(3)63-49-45(29)47(54-30(2)48-56-55-32(4)60(48)49)34-7-12-37(13-8-34)58-19-17-50(62,18-20-58)28-57-21-23-59(24-22-57)44-27-42(52)41(26-43(44)53)46-39(33-5-10-36(51)11-6-33)15-9-35-25-38(61)14-16-40(35)46/h5-8,10-14,16,25-27,30,39,46,61-62H,9,15,17-24,28H2,1-4H3/t30-,39-,46+/m0/s1. The van der Waals surface area contributed by atoms with E-state index in [4.69, 9.17) is 4.99 Å². The summed E-state index contributed by atoms with van der Waals surface area (Å²) < 4.78 is 48.6. The number of phenolic OH excluding ortho intramolecular Hbond substituents is 1. The summed E-state index contributed by atoms with van der Waals surface area (Å²) in [6.07, 6.45) is 2.56. The minimum Gasteiger partial charge on any atom is -0.508 e. The van der Waals surface area contributed by atoms with Gasteiger partial charge in [-0.15, -0.1) is 21.5 Å². The molecule has 13 heteroatoms. The van der Waals surface area contributed by atoms with E-state index in [9.17, 15) is 14.6 Å². The molecule has 10 rings (SSSR count). The largest absolute Gasteiger partial charge is 0.508 e. The maximum Gasteiger partial charge on any atom is 0.162 e. The molecule has 4 aliphatic rings. The van der Waals surface area contributed by atoms with E-state index in [1.165, 1.54) is 34.7 Å². The van der Waals surface area contributed by atoms with Crippen LogP contribution in [0.3, 0.4) is 0 Å². The maximum atomic E-state index is 16.4. The maximum absolute atomic E-state index is 16.4. The van der Waals surface area contributed by atoms with E-state index in [-0.39, 0.29) is 34.8 Å². The zero-order chi connectivity index (χ0) is 43.7. The number of nitrogens with zero attached hydrogens (tertiary/aromatic N) is 7. The quantitative estimate of drug-likeness (QED) is 0.165. The lowest BCUT2D eigenvalue weighted by molar-refractivity contribution is -0.0173. The summed E-state index contributed by atoms with van der Waals surface area (Å²) in [6.45, 7) is 12.6. The van der Waals surface area contributed by atoms with Gasteiger partial charge >= 0.3 is 0 Å². The Bertz CT molecular complexity index is 2720. The number of piperidine rings is 1. The van der Waals surface area contributed by atoms with Crippen LogP contribution in [0.1, 0.15) is 99.5 Å². The normalized spacial score (nSPS) is 21.1. The first-order valence-corrected chi connectivity index (χ1v) is 22.9. The van der Waals surface area contributed by atoms with Gasteiger partial charge in [-0.05, 0) is 130 Å².